The van der Waals surface area contributed by atoms with Gasteiger partial charge in [-0.1, -0.05) is 12.1 Å². The first kappa shape index (κ1) is 18.9. The predicted molar refractivity (Wildman–Crippen MR) is 103 cm³/mol. The van der Waals surface area contributed by atoms with Gasteiger partial charge in [0.25, 0.3) is 0 Å². The molecule has 0 spiro atoms. The smallest absolute Gasteiger partial charge is 0.408 e. The molecule has 7 nitrogen and oxygen atoms in total. The first-order chi connectivity index (χ1) is 12.7. The molecule has 142 valence electrons. The molecule has 0 unspecified atom stereocenters. The van der Waals surface area contributed by atoms with E-state index in [1.54, 1.807) is 13.1 Å². The van der Waals surface area contributed by atoms with Gasteiger partial charge < -0.3 is 9.73 Å². The second-order valence-corrected chi connectivity index (χ2v) is 8.53. The molecule has 0 saturated heterocycles. The maximum absolute atomic E-state index is 12.5. The van der Waals surface area contributed by atoms with Gasteiger partial charge in [-0.3, -0.25) is 9.36 Å². The van der Waals surface area contributed by atoms with Gasteiger partial charge in [-0.15, -0.1) is 0 Å². The second-order valence-electron chi connectivity index (χ2n) is 6.42. The molecular formula is C19H20N2O5S. The number of nitrogens with one attached hydrogen (secondary N) is 1. The molecule has 0 aliphatic carbocycles. The molecule has 0 bridgehead atoms. The van der Waals surface area contributed by atoms with Crippen LogP contribution in [0.15, 0.2) is 50.5 Å². The second kappa shape index (κ2) is 7.03. The molecule has 1 aromatic heterocycles. The van der Waals surface area contributed by atoms with E-state index in [9.17, 15) is 18.0 Å². The standard InChI is InChI=1S/C19H20N2O5S/c1-12-5-4-6-15(13(12)2)20-18(22)9-10-27(24,25)14-7-8-16-17(11-14)26-19(23)21(16)3/h4-8,11H,9-10H2,1-3H3,(H,20,22). The Kier molecular flexibility index (Phi) is 4.93. The van der Waals surface area contributed by atoms with Gasteiger partial charge in [0.05, 0.1) is 16.2 Å². The summed E-state index contributed by atoms with van der Waals surface area (Å²) in [4.78, 5) is 23.7. The van der Waals surface area contributed by atoms with Crippen molar-refractivity contribution < 1.29 is 17.6 Å². The number of oxazole rings is 1. The molecule has 0 fully saturated rings. The van der Waals surface area contributed by atoms with E-state index in [2.05, 4.69) is 5.32 Å². The lowest BCUT2D eigenvalue weighted by Gasteiger charge is -2.10. The average Bonchev–Trinajstić information content (AvgIpc) is 2.91. The summed E-state index contributed by atoms with van der Waals surface area (Å²) in [5.41, 5.74) is 3.36. The van der Waals surface area contributed by atoms with Crippen molar-refractivity contribution in [1.82, 2.24) is 4.57 Å². The number of rotatable bonds is 5. The van der Waals surface area contributed by atoms with Crippen LogP contribution in [0.3, 0.4) is 0 Å². The number of fused-ring (bicyclic) bond motifs is 1. The van der Waals surface area contributed by atoms with E-state index < -0.39 is 15.6 Å². The molecular weight excluding hydrogens is 368 g/mol. The van der Waals surface area contributed by atoms with E-state index in [1.807, 2.05) is 26.0 Å². The van der Waals surface area contributed by atoms with E-state index >= 15 is 0 Å². The Balaban J connectivity index is 1.74. The fourth-order valence-electron chi connectivity index (χ4n) is 2.75. The van der Waals surface area contributed by atoms with Crippen LogP contribution in [0.25, 0.3) is 11.1 Å². The van der Waals surface area contributed by atoms with E-state index in [4.69, 9.17) is 4.42 Å². The molecule has 0 aliphatic heterocycles. The Bertz CT molecular complexity index is 1190. The van der Waals surface area contributed by atoms with Gasteiger partial charge in [-0.05, 0) is 43.2 Å². The average molecular weight is 388 g/mol. The summed E-state index contributed by atoms with van der Waals surface area (Å²) in [6.45, 7) is 3.83. The van der Waals surface area contributed by atoms with Gasteiger partial charge >= 0.3 is 5.76 Å². The maximum Gasteiger partial charge on any atom is 0.419 e. The lowest BCUT2D eigenvalue weighted by Crippen LogP contribution is -2.18. The minimum atomic E-state index is -3.69. The molecule has 1 amide bonds. The van der Waals surface area contributed by atoms with Gasteiger partial charge in [0, 0.05) is 25.2 Å². The van der Waals surface area contributed by atoms with Gasteiger partial charge in [0.1, 0.15) is 0 Å². The van der Waals surface area contributed by atoms with Crippen LogP contribution >= 0.6 is 0 Å². The van der Waals surface area contributed by atoms with E-state index in [-0.39, 0.29) is 28.6 Å². The number of aryl methyl sites for hydroxylation is 2. The number of carbonyl (C=O) groups excluding carboxylic acids is 1. The monoisotopic (exact) mass is 388 g/mol. The quantitative estimate of drug-likeness (QED) is 0.724. The zero-order valence-electron chi connectivity index (χ0n) is 15.3. The summed E-state index contributed by atoms with van der Waals surface area (Å²) in [5, 5.41) is 2.75. The first-order valence-corrected chi connectivity index (χ1v) is 10.0. The number of aromatic nitrogens is 1. The topological polar surface area (TPSA) is 98.4 Å². The summed E-state index contributed by atoms with van der Waals surface area (Å²) >= 11 is 0. The number of nitrogens with zero attached hydrogens (tertiary/aromatic N) is 1. The molecule has 8 heteroatoms. The highest BCUT2D eigenvalue weighted by Crippen LogP contribution is 2.21. The van der Waals surface area contributed by atoms with E-state index in [1.165, 1.54) is 22.8 Å². The van der Waals surface area contributed by atoms with Crippen LogP contribution in [0.5, 0.6) is 0 Å². The minimum absolute atomic E-state index is 0.0175. The maximum atomic E-state index is 12.5. The van der Waals surface area contributed by atoms with E-state index in [0.717, 1.165) is 11.1 Å². The number of sulfone groups is 1. The highest BCUT2D eigenvalue weighted by atomic mass is 32.2. The Labute approximate surface area is 156 Å². The normalized spacial score (nSPS) is 11.7. The molecule has 1 N–H and O–H groups in total. The fraction of sp³-hybridized carbons (Fsp3) is 0.263. The van der Waals surface area contributed by atoms with Crippen LogP contribution in [0, 0.1) is 13.8 Å². The Hall–Kier alpha value is -2.87. The number of carbonyl (C=O) groups is 1. The van der Waals surface area contributed by atoms with Gasteiger partial charge in [-0.25, -0.2) is 13.2 Å². The zero-order valence-corrected chi connectivity index (χ0v) is 16.1. The number of anilines is 1. The Morgan fingerprint density at radius 1 is 1.19 bits per heavy atom. The number of benzene rings is 2. The predicted octanol–water partition coefficient (Wildman–Crippen LogP) is 2.55. The van der Waals surface area contributed by atoms with Crippen molar-refractivity contribution in [2.45, 2.75) is 25.2 Å². The molecule has 3 rings (SSSR count). The van der Waals surface area contributed by atoms with Crippen LogP contribution in [0.4, 0.5) is 5.69 Å². The molecule has 27 heavy (non-hydrogen) atoms. The Morgan fingerprint density at radius 2 is 1.93 bits per heavy atom. The van der Waals surface area contributed by atoms with Crippen LogP contribution in [-0.4, -0.2) is 24.6 Å². The molecule has 2 aromatic carbocycles. The summed E-state index contributed by atoms with van der Waals surface area (Å²) in [5.74, 6) is -1.28. The third kappa shape index (κ3) is 3.80. The van der Waals surface area contributed by atoms with Crippen LogP contribution < -0.4 is 11.1 Å². The lowest BCUT2D eigenvalue weighted by atomic mass is 10.1. The van der Waals surface area contributed by atoms with Crippen molar-refractivity contribution in [3.63, 3.8) is 0 Å². The van der Waals surface area contributed by atoms with Crippen molar-refractivity contribution in [1.29, 1.82) is 0 Å². The Morgan fingerprint density at radius 3 is 2.67 bits per heavy atom. The summed E-state index contributed by atoms with van der Waals surface area (Å²) in [6.07, 6.45) is -0.174. The SMILES string of the molecule is Cc1cccc(NC(=O)CCS(=O)(=O)c2ccc3c(c2)oc(=O)n3C)c1C. The van der Waals surface area contributed by atoms with Crippen LogP contribution in [0.2, 0.25) is 0 Å². The summed E-state index contributed by atoms with van der Waals surface area (Å²) in [7, 11) is -2.15. The van der Waals surface area contributed by atoms with Crippen LogP contribution in [0.1, 0.15) is 17.5 Å². The number of hydrogen-bond donors (Lipinski definition) is 1. The third-order valence-electron chi connectivity index (χ3n) is 4.60. The van der Waals surface area contributed by atoms with Crippen molar-refractivity contribution >= 4 is 32.5 Å². The van der Waals surface area contributed by atoms with Crippen LogP contribution in [-0.2, 0) is 21.7 Å². The lowest BCUT2D eigenvalue weighted by molar-refractivity contribution is -0.115. The summed E-state index contributed by atoms with van der Waals surface area (Å²) in [6, 6.07) is 9.79. The first-order valence-electron chi connectivity index (χ1n) is 8.37. The third-order valence-corrected chi connectivity index (χ3v) is 6.31. The minimum Gasteiger partial charge on any atom is -0.408 e. The zero-order chi connectivity index (χ0) is 19.8. The largest absolute Gasteiger partial charge is 0.419 e. The van der Waals surface area contributed by atoms with Gasteiger partial charge in [0.15, 0.2) is 15.4 Å². The van der Waals surface area contributed by atoms with Gasteiger partial charge in [0.2, 0.25) is 5.91 Å². The summed E-state index contributed by atoms with van der Waals surface area (Å²) < 4.78 is 31.4. The van der Waals surface area contributed by atoms with Crippen molar-refractivity contribution in [2.75, 3.05) is 11.1 Å². The molecule has 0 aliphatic rings. The van der Waals surface area contributed by atoms with E-state index in [0.29, 0.717) is 11.2 Å². The molecule has 1 heterocycles. The van der Waals surface area contributed by atoms with Gasteiger partial charge in [-0.2, -0.15) is 0 Å². The van der Waals surface area contributed by atoms with Crippen molar-refractivity contribution in [2.24, 2.45) is 7.05 Å². The fourth-order valence-corrected chi connectivity index (χ4v) is 4.00. The highest BCUT2D eigenvalue weighted by molar-refractivity contribution is 7.91. The number of hydrogen-bond acceptors (Lipinski definition) is 5. The van der Waals surface area contributed by atoms with Crippen molar-refractivity contribution in [3.8, 4) is 0 Å². The van der Waals surface area contributed by atoms with Crippen molar-refractivity contribution in [3.05, 3.63) is 58.1 Å². The molecule has 0 atom stereocenters. The molecule has 0 saturated carbocycles. The highest BCUT2D eigenvalue weighted by Gasteiger charge is 2.19. The molecule has 3 aromatic rings. The number of amides is 1. The molecule has 0 radical (unpaired) electrons.